The fourth-order valence-corrected chi connectivity index (χ4v) is 3.14. The molecule has 2 heterocycles. The quantitative estimate of drug-likeness (QED) is 0.530. The van der Waals surface area contributed by atoms with Crippen LogP contribution in [0.15, 0.2) is 51.8 Å². The second kappa shape index (κ2) is 7.02. The van der Waals surface area contributed by atoms with Crippen LogP contribution in [0.2, 0.25) is 0 Å². The Morgan fingerprint density at radius 3 is 3.00 bits per heavy atom. The number of fused-ring (bicyclic) bond motifs is 1. The molecule has 0 aliphatic carbocycles. The van der Waals surface area contributed by atoms with Gasteiger partial charge in [-0.2, -0.15) is 0 Å². The highest BCUT2D eigenvalue weighted by molar-refractivity contribution is 7.99. The molecule has 1 aromatic carbocycles. The average molecular weight is 328 g/mol. The first kappa shape index (κ1) is 15.8. The molecule has 3 N–H and O–H groups in total. The van der Waals surface area contributed by atoms with Crippen LogP contribution in [0.4, 0.5) is 0 Å². The second-order valence-corrected chi connectivity index (χ2v) is 6.64. The third-order valence-electron chi connectivity index (χ3n) is 3.55. The number of hydrogen-bond donors (Lipinski definition) is 2. The molecule has 3 aromatic rings. The molecule has 0 bridgehead atoms. The molecule has 0 aliphatic heterocycles. The van der Waals surface area contributed by atoms with E-state index in [1.165, 1.54) is 22.7 Å². The Kier molecular flexibility index (Phi) is 4.83. The number of nitrogens with one attached hydrogen (secondary N) is 1. The van der Waals surface area contributed by atoms with Gasteiger partial charge in [-0.15, -0.1) is 10.2 Å². The molecule has 0 unspecified atom stereocenters. The van der Waals surface area contributed by atoms with Crippen molar-refractivity contribution in [3.8, 4) is 0 Å². The van der Waals surface area contributed by atoms with Crippen molar-refractivity contribution in [2.75, 3.05) is 5.75 Å². The molecule has 6 heteroatoms. The number of aromatic nitrogens is 3. The Labute approximate surface area is 139 Å². The van der Waals surface area contributed by atoms with E-state index >= 15 is 0 Å². The van der Waals surface area contributed by atoms with E-state index in [4.69, 9.17) is 10.2 Å². The van der Waals surface area contributed by atoms with Crippen LogP contribution in [0, 0.1) is 0 Å². The monoisotopic (exact) mass is 328 g/mol. The molecule has 0 aliphatic rings. The Balaban J connectivity index is 1.67. The maximum absolute atomic E-state index is 6.24. The fourth-order valence-electron chi connectivity index (χ4n) is 2.33. The normalized spacial score (nSPS) is 12.5. The van der Waals surface area contributed by atoms with Gasteiger partial charge >= 0.3 is 0 Å². The van der Waals surface area contributed by atoms with Crippen LogP contribution in [-0.4, -0.2) is 20.9 Å². The van der Waals surface area contributed by atoms with E-state index in [2.05, 4.69) is 47.2 Å². The van der Waals surface area contributed by atoms with E-state index in [1.54, 1.807) is 0 Å². The number of nitrogens with zero attached hydrogens (tertiary/aromatic N) is 2. The maximum Gasteiger partial charge on any atom is 0.276 e. The summed E-state index contributed by atoms with van der Waals surface area (Å²) in [6.45, 7) is 4.13. The predicted molar refractivity (Wildman–Crippen MR) is 93.4 cm³/mol. The molecule has 3 rings (SSSR count). The van der Waals surface area contributed by atoms with Crippen molar-refractivity contribution in [3.05, 3.63) is 53.6 Å². The third kappa shape index (κ3) is 3.83. The van der Waals surface area contributed by atoms with Crippen molar-refractivity contribution in [2.45, 2.75) is 31.5 Å². The minimum absolute atomic E-state index is 0.306. The van der Waals surface area contributed by atoms with Gasteiger partial charge in [0.2, 0.25) is 5.89 Å². The van der Waals surface area contributed by atoms with Crippen LogP contribution >= 0.6 is 11.8 Å². The smallest absolute Gasteiger partial charge is 0.276 e. The molecular formula is C17H20N4OS. The van der Waals surface area contributed by atoms with Crippen LogP contribution in [0.3, 0.4) is 0 Å². The molecule has 0 saturated carbocycles. The van der Waals surface area contributed by atoms with Crippen molar-refractivity contribution in [3.63, 3.8) is 0 Å². The first-order chi connectivity index (χ1) is 11.1. The van der Waals surface area contributed by atoms with Crippen molar-refractivity contribution in [1.29, 1.82) is 0 Å². The van der Waals surface area contributed by atoms with Gasteiger partial charge in [0.1, 0.15) is 0 Å². The molecule has 0 saturated heterocycles. The maximum atomic E-state index is 6.24. The summed E-state index contributed by atoms with van der Waals surface area (Å²) in [6, 6.07) is 7.86. The molecule has 0 spiro atoms. The zero-order valence-corrected chi connectivity index (χ0v) is 14.1. The molecule has 1 atom stereocenters. The Morgan fingerprint density at radius 2 is 2.17 bits per heavy atom. The van der Waals surface area contributed by atoms with Crippen molar-refractivity contribution < 1.29 is 4.42 Å². The van der Waals surface area contributed by atoms with E-state index < -0.39 is 0 Å². The lowest BCUT2D eigenvalue weighted by atomic mass is 10.1. The van der Waals surface area contributed by atoms with E-state index in [0.29, 0.717) is 17.5 Å². The lowest BCUT2D eigenvalue weighted by molar-refractivity contribution is 0.386. The van der Waals surface area contributed by atoms with Gasteiger partial charge in [0.15, 0.2) is 0 Å². The van der Waals surface area contributed by atoms with Crippen LogP contribution < -0.4 is 5.73 Å². The number of thioether (sulfide) groups is 1. The number of benzene rings is 1. The highest BCUT2D eigenvalue weighted by Gasteiger charge is 2.17. The Bertz CT molecular complexity index is 817. The number of para-hydroxylation sites is 1. The number of aromatic amines is 1. The summed E-state index contributed by atoms with van der Waals surface area (Å²) >= 11 is 1.52. The van der Waals surface area contributed by atoms with Crippen molar-refractivity contribution in [1.82, 2.24) is 15.2 Å². The molecule has 23 heavy (non-hydrogen) atoms. The van der Waals surface area contributed by atoms with Gasteiger partial charge < -0.3 is 15.1 Å². The topological polar surface area (TPSA) is 80.7 Å². The minimum atomic E-state index is -0.306. The van der Waals surface area contributed by atoms with Gasteiger partial charge in [0.25, 0.3) is 5.22 Å². The highest BCUT2D eigenvalue weighted by Crippen LogP contribution is 2.24. The number of rotatable bonds is 6. The van der Waals surface area contributed by atoms with Crippen LogP contribution in [0.5, 0.6) is 0 Å². The fraction of sp³-hybridized carbons (Fsp3) is 0.294. The molecule has 0 amide bonds. The van der Waals surface area contributed by atoms with Gasteiger partial charge in [0.05, 0.1) is 6.04 Å². The molecule has 0 fully saturated rings. The van der Waals surface area contributed by atoms with Crippen LogP contribution in [0.25, 0.3) is 10.9 Å². The lowest BCUT2D eigenvalue weighted by Crippen LogP contribution is -2.13. The van der Waals surface area contributed by atoms with Crippen molar-refractivity contribution in [2.24, 2.45) is 5.73 Å². The number of hydrogen-bond acceptors (Lipinski definition) is 5. The van der Waals surface area contributed by atoms with Crippen LogP contribution in [-0.2, 0) is 6.42 Å². The molecule has 5 nitrogen and oxygen atoms in total. The average Bonchev–Trinajstić information content (AvgIpc) is 3.15. The number of allylic oxidation sites excluding steroid dienone is 1. The first-order valence-electron chi connectivity index (χ1n) is 7.53. The van der Waals surface area contributed by atoms with E-state index in [9.17, 15) is 0 Å². The molecule has 2 aromatic heterocycles. The van der Waals surface area contributed by atoms with Crippen LogP contribution in [0.1, 0.15) is 31.3 Å². The number of nitrogens with two attached hydrogens (primary N) is 1. The van der Waals surface area contributed by atoms with E-state index in [-0.39, 0.29) is 6.04 Å². The summed E-state index contributed by atoms with van der Waals surface area (Å²) in [6.07, 6.45) is 4.77. The van der Waals surface area contributed by atoms with Gasteiger partial charge in [-0.3, -0.25) is 0 Å². The Morgan fingerprint density at radius 1 is 1.35 bits per heavy atom. The zero-order valence-electron chi connectivity index (χ0n) is 13.2. The van der Waals surface area contributed by atoms with Gasteiger partial charge in [-0.1, -0.05) is 41.6 Å². The highest BCUT2D eigenvalue weighted by atomic mass is 32.2. The predicted octanol–water partition coefficient (Wildman–Crippen LogP) is 3.85. The summed E-state index contributed by atoms with van der Waals surface area (Å²) in [5.74, 6) is 1.30. The standard InChI is InChI=1S/C17H20N4OS/c1-11(2)7-8-23-17-21-20-16(22-17)14(18)9-12-10-19-15-6-4-3-5-13(12)15/h3-7,10,14,19H,8-9,18H2,1-2H3/t14-/m0/s1. The Hall–Kier alpha value is -2.05. The summed E-state index contributed by atoms with van der Waals surface area (Å²) in [4.78, 5) is 3.26. The van der Waals surface area contributed by atoms with E-state index in [0.717, 1.165) is 16.8 Å². The molecule has 0 radical (unpaired) electrons. The van der Waals surface area contributed by atoms with Gasteiger partial charge in [-0.25, -0.2) is 0 Å². The summed E-state index contributed by atoms with van der Waals surface area (Å²) in [5, 5.41) is 9.88. The van der Waals surface area contributed by atoms with Crippen molar-refractivity contribution >= 4 is 22.7 Å². The largest absolute Gasteiger partial charge is 0.414 e. The summed E-state index contributed by atoms with van der Waals surface area (Å²) in [7, 11) is 0. The van der Waals surface area contributed by atoms with Gasteiger partial charge in [0, 0.05) is 22.9 Å². The third-order valence-corrected chi connectivity index (χ3v) is 4.30. The van der Waals surface area contributed by atoms with Gasteiger partial charge in [-0.05, 0) is 31.9 Å². The minimum Gasteiger partial charge on any atom is -0.414 e. The molecular weight excluding hydrogens is 308 g/mol. The molecule has 120 valence electrons. The van der Waals surface area contributed by atoms with E-state index in [1.807, 2.05) is 18.3 Å². The SMILES string of the molecule is CC(C)=CCSc1nnc([C@@H](N)Cc2c[nH]c3ccccc23)o1. The summed E-state index contributed by atoms with van der Waals surface area (Å²) in [5.41, 5.74) is 9.77. The first-order valence-corrected chi connectivity index (χ1v) is 8.52. The second-order valence-electron chi connectivity index (χ2n) is 5.67. The number of H-pyrrole nitrogens is 1. The summed E-state index contributed by atoms with van der Waals surface area (Å²) < 4.78 is 5.66. The zero-order chi connectivity index (χ0) is 16.2. The lowest BCUT2D eigenvalue weighted by Gasteiger charge is -2.05.